The average Bonchev–Trinajstić information content (AvgIpc) is 3.45. The largest absolute Gasteiger partial charge is 0.399 e. The van der Waals surface area contributed by atoms with Crippen molar-refractivity contribution < 1.29 is 5.11 Å². The first-order valence-electron chi connectivity index (χ1n) is 10.1. The van der Waals surface area contributed by atoms with Crippen molar-refractivity contribution in [1.29, 1.82) is 0 Å². The molecule has 0 saturated carbocycles. The summed E-state index contributed by atoms with van der Waals surface area (Å²) >= 11 is 1.71. The van der Waals surface area contributed by atoms with E-state index in [1.165, 1.54) is 16.5 Å². The molecule has 154 valence electrons. The van der Waals surface area contributed by atoms with E-state index in [9.17, 15) is 0 Å². The fourth-order valence-corrected chi connectivity index (χ4v) is 3.38. The maximum absolute atomic E-state index is 8.96. The van der Waals surface area contributed by atoms with Gasteiger partial charge in [0, 0.05) is 48.0 Å². The molecule has 0 atom stereocenters. The number of aliphatic hydroxyl groups excluding tert-OH is 1. The quantitative estimate of drug-likeness (QED) is 0.498. The number of nitrogens with two attached hydrogens (primary N) is 1. The Morgan fingerprint density at radius 1 is 1.14 bits per heavy atom. The van der Waals surface area contributed by atoms with E-state index in [0.717, 1.165) is 37.3 Å². The third kappa shape index (κ3) is 7.15. The topological polar surface area (TPSA) is 65.3 Å². The van der Waals surface area contributed by atoms with E-state index in [1.807, 2.05) is 68.8 Å². The van der Waals surface area contributed by atoms with Crippen LogP contribution in [0.4, 0.5) is 5.69 Å². The number of hydrogen-bond donors (Lipinski definition) is 3. The van der Waals surface area contributed by atoms with Gasteiger partial charge in [-0.05, 0) is 41.0 Å². The molecular formula is C23H35N3OS. The molecule has 0 saturated heterocycles. The number of β-amino-alcohol motifs (C(OH)–C–C–N with tert-alkyl or cyclic N) is 1. The van der Waals surface area contributed by atoms with Crippen molar-refractivity contribution in [2.45, 2.75) is 34.1 Å². The van der Waals surface area contributed by atoms with Crippen molar-refractivity contribution in [2.75, 3.05) is 32.0 Å². The summed E-state index contributed by atoms with van der Waals surface area (Å²) in [5, 5.41) is 14.2. The lowest BCUT2D eigenvalue weighted by Crippen LogP contribution is -2.31. The van der Waals surface area contributed by atoms with Gasteiger partial charge in [0.05, 0.1) is 6.61 Å². The lowest BCUT2D eigenvalue weighted by atomic mass is 9.99. The standard InChI is InChI=1S/C15H19N3O.C4H4S.2C2H6/c16-12-1-2-15-13(9-12)14(10-17-15)11-3-5-18(6-4-11)7-8-19;1-2-4-5-3-1;2*1-2/h1-3,9-10,17,19H,4-8,16H2;1-4H;2*1-2H3. The zero-order valence-electron chi connectivity index (χ0n) is 17.6. The van der Waals surface area contributed by atoms with Crippen LogP contribution >= 0.6 is 11.3 Å². The lowest BCUT2D eigenvalue weighted by Gasteiger charge is -2.25. The van der Waals surface area contributed by atoms with Crippen molar-refractivity contribution in [1.82, 2.24) is 9.88 Å². The zero-order chi connectivity index (χ0) is 20.8. The highest BCUT2D eigenvalue weighted by atomic mass is 32.1. The molecule has 4 nitrogen and oxygen atoms in total. The molecule has 5 heteroatoms. The van der Waals surface area contributed by atoms with Gasteiger partial charge in [-0.1, -0.05) is 45.9 Å². The summed E-state index contributed by atoms with van der Waals surface area (Å²) in [7, 11) is 0. The summed E-state index contributed by atoms with van der Waals surface area (Å²) in [5.74, 6) is 0. The van der Waals surface area contributed by atoms with Crippen LogP contribution in [-0.4, -0.2) is 41.2 Å². The fourth-order valence-electron chi connectivity index (χ4n) is 2.93. The van der Waals surface area contributed by atoms with Gasteiger partial charge in [-0.25, -0.2) is 0 Å². The number of nitrogen functional groups attached to an aromatic ring is 1. The number of anilines is 1. The van der Waals surface area contributed by atoms with E-state index in [4.69, 9.17) is 10.8 Å². The first kappa shape index (κ1) is 24.0. The summed E-state index contributed by atoms with van der Waals surface area (Å²) in [6.07, 6.45) is 5.34. The Balaban J connectivity index is 0.000000368. The number of aromatic nitrogens is 1. The minimum Gasteiger partial charge on any atom is -0.399 e. The van der Waals surface area contributed by atoms with Crippen molar-refractivity contribution in [3.63, 3.8) is 0 Å². The van der Waals surface area contributed by atoms with Crippen LogP contribution in [0.1, 0.15) is 39.7 Å². The Morgan fingerprint density at radius 2 is 1.86 bits per heavy atom. The molecule has 0 radical (unpaired) electrons. The second-order valence-corrected chi connectivity index (χ2v) is 6.62. The molecule has 1 aliphatic heterocycles. The summed E-state index contributed by atoms with van der Waals surface area (Å²) in [4.78, 5) is 5.56. The number of H-pyrrole nitrogens is 1. The zero-order valence-corrected chi connectivity index (χ0v) is 18.4. The summed E-state index contributed by atoms with van der Waals surface area (Å²) in [5.41, 5.74) is 10.4. The lowest BCUT2D eigenvalue weighted by molar-refractivity contribution is 0.208. The van der Waals surface area contributed by atoms with Gasteiger partial charge in [-0.15, -0.1) is 0 Å². The molecule has 4 rings (SSSR count). The number of nitrogens with one attached hydrogen (secondary N) is 1. The smallest absolute Gasteiger partial charge is 0.0558 e. The Bertz CT molecular complexity index is 776. The van der Waals surface area contributed by atoms with Crippen LogP contribution < -0.4 is 5.73 Å². The van der Waals surface area contributed by atoms with Gasteiger partial charge >= 0.3 is 0 Å². The van der Waals surface area contributed by atoms with Gasteiger partial charge in [-0.2, -0.15) is 11.3 Å². The van der Waals surface area contributed by atoms with E-state index in [-0.39, 0.29) is 6.61 Å². The molecule has 0 fully saturated rings. The normalized spacial score (nSPS) is 13.2. The monoisotopic (exact) mass is 401 g/mol. The van der Waals surface area contributed by atoms with Crippen LogP contribution in [0.15, 0.2) is 53.4 Å². The molecule has 1 aromatic carbocycles. The number of hydrogen-bond acceptors (Lipinski definition) is 4. The molecule has 0 spiro atoms. The Kier molecular flexibility index (Phi) is 12.0. The molecule has 0 aliphatic carbocycles. The first-order valence-corrected chi connectivity index (χ1v) is 11.1. The van der Waals surface area contributed by atoms with Crippen molar-refractivity contribution in [3.05, 3.63) is 58.9 Å². The maximum atomic E-state index is 8.96. The number of aliphatic hydroxyl groups is 1. The number of nitrogens with zero attached hydrogens (tertiary/aromatic N) is 1. The van der Waals surface area contributed by atoms with Crippen LogP contribution in [0.25, 0.3) is 16.5 Å². The number of benzene rings is 1. The summed E-state index contributed by atoms with van der Waals surface area (Å²) in [6.45, 7) is 10.9. The third-order valence-corrected chi connectivity index (χ3v) is 4.82. The Morgan fingerprint density at radius 3 is 2.39 bits per heavy atom. The number of rotatable bonds is 3. The molecule has 0 unspecified atom stereocenters. The molecule has 2 aromatic heterocycles. The minimum atomic E-state index is 0.229. The Labute approximate surface area is 173 Å². The summed E-state index contributed by atoms with van der Waals surface area (Å²) < 4.78 is 0. The number of fused-ring (bicyclic) bond motifs is 1. The highest BCUT2D eigenvalue weighted by Crippen LogP contribution is 2.30. The molecule has 4 N–H and O–H groups in total. The second-order valence-electron chi connectivity index (χ2n) is 5.80. The molecule has 0 amide bonds. The van der Waals surface area contributed by atoms with Gasteiger partial charge in [0.1, 0.15) is 0 Å². The molecule has 3 heterocycles. The van der Waals surface area contributed by atoms with E-state index in [0.29, 0.717) is 0 Å². The van der Waals surface area contributed by atoms with E-state index in [2.05, 4.69) is 22.2 Å². The fraction of sp³-hybridized carbons (Fsp3) is 0.391. The third-order valence-electron chi connectivity index (χ3n) is 4.19. The van der Waals surface area contributed by atoms with Crippen LogP contribution in [-0.2, 0) is 0 Å². The van der Waals surface area contributed by atoms with Crippen molar-refractivity contribution in [3.8, 4) is 0 Å². The highest BCUT2D eigenvalue weighted by Gasteiger charge is 2.15. The van der Waals surface area contributed by atoms with Gasteiger partial charge in [0.25, 0.3) is 0 Å². The van der Waals surface area contributed by atoms with E-state index >= 15 is 0 Å². The van der Waals surface area contributed by atoms with Gasteiger partial charge in [0.2, 0.25) is 0 Å². The molecule has 1 aliphatic rings. The van der Waals surface area contributed by atoms with Crippen molar-refractivity contribution in [2.24, 2.45) is 0 Å². The highest BCUT2D eigenvalue weighted by molar-refractivity contribution is 7.07. The maximum Gasteiger partial charge on any atom is 0.0558 e. The second kappa shape index (κ2) is 14.0. The predicted octanol–water partition coefficient (Wildman–Crippen LogP) is 5.63. The van der Waals surface area contributed by atoms with Crippen molar-refractivity contribution >= 4 is 33.5 Å². The molecule has 3 aromatic rings. The van der Waals surface area contributed by atoms with E-state index in [1.54, 1.807) is 11.3 Å². The molecule has 0 bridgehead atoms. The van der Waals surface area contributed by atoms with Gasteiger partial charge in [-0.3, -0.25) is 4.90 Å². The van der Waals surface area contributed by atoms with Crippen LogP contribution in [0.2, 0.25) is 0 Å². The summed E-state index contributed by atoms with van der Waals surface area (Å²) in [6, 6.07) is 10.0. The average molecular weight is 402 g/mol. The molecule has 28 heavy (non-hydrogen) atoms. The van der Waals surface area contributed by atoms with Gasteiger partial charge in [0.15, 0.2) is 0 Å². The SMILES string of the molecule is CC.CC.Nc1ccc2[nH]cc(C3=CCN(CCO)CC3)c2c1.c1ccsc1. The van der Waals surface area contributed by atoms with Crippen LogP contribution in [0.3, 0.4) is 0 Å². The number of thiophene rings is 1. The Hall–Kier alpha value is -2.08. The van der Waals surface area contributed by atoms with Crippen LogP contribution in [0.5, 0.6) is 0 Å². The van der Waals surface area contributed by atoms with Crippen LogP contribution in [0, 0.1) is 0 Å². The predicted molar refractivity (Wildman–Crippen MR) is 126 cm³/mol. The minimum absolute atomic E-state index is 0.229. The molecular weight excluding hydrogens is 366 g/mol. The van der Waals surface area contributed by atoms with E-state index < -0.39 is 0 Å². The number of aromatic amines is 1. The first-order chi connectivity index (χ1) is 13.8. The van der Waals surface area contributed by atoms with Gasteiger partial charge < -0.3 is 15.8 Å².